The predicted octanol–water partition coefficient (Wildman–Crippen LogP) is 6.18. The Labute approximate surface area is 241 Å². The Bertz CT molecular complexity index is 999. The van der Waals surface area contributed by atoms with Crippen LogP contribution < -0.4 is 15.2 Å². The fourth-order valence-corrected chi connectivity index (χ4v) is 4.01. The summed E-state index contributed by atoms with van der Waals surface area (Å²) in [5.74, 6) is -3.17. The predicted molar refractivity (Wildman–Crippen MR) is 149 cm³/mol. The third-order valence-corrected chi connectivity index (χ3v) is 6.35. The van der Waals surface area contributed by atoms with Crippen molar-refractivity contribution in [3.8, 4) is 11.5 Å². The molecule has 12 nitrogen and oxygen atoms in total. The van der Waals surface area contributed by atoms with Crippen molar-refractivity contribution in [2.45, 2.75) is 111 Å². The van der Waals surface area contributed by atoms with Crippen LogP contribution in [0.15, 0.2) is 18.2 Å². The average Bonchev–Trinajstić information content (AvgIpc) is 2.88. The van der Waals surface area contributed by atoms with E-state index >= 15 is 0 Å². The lowest BCUT2D eigenvalue weighted by Crippen LogP contribution is -2.40. The van der Waals surface area contributed by atoms with Gasteiger partial charge >= 0.3 is 24.4 Å². The number of hydrogen-bond donors (Lipinski definition) is 2. The van der Waals surface area contributed by atoms with Crippen molar-refractivity contribution in [1.29, 1.82) is 0 Å². The molecule has 6 atom stereocenters. The van der Waals surface area contributed by atoms with E-state index in [0.717, 1.165) is 12.8 Å². The quantitative estimate of drug-likeness (QED) is 0.129. The van der Waals surface area contributed by atoms with E-state index in [4.69, 9.17) is 34.2 Å². The second-order valence-electron chi connectivity index (χ2n) is 10.1. The number of ether oxygens (including phenoxy) is 6. The smallest absolute Gasteiger partial charge is 0.480 e. The minimum absolute atomic E-state index is 0.147. The SMILES string of the molecule is CCCC(C)OC(=O)Oc1ccc(C(C(C)COC(=O)OC(C)CC)[C@H](N)C(=O)O)cc1OC(=O)OC(C)CCC. The lowest BCUT2D eigenvalue weighted by Gasteiger charge is -2.28. The first kappa shape index (κ1) is 35.5. The third kappa shape index (κ3) is 12.7. The molecule has 12 heteroatoms. The van der Waals surface area contributed by atoms with Crippen molar-refractivity contribution < 1.29 is 52.7 Å². The van der Waals surface area contributed by atoms with E-state index in [1.807, 2.05) is 20.8 Å². The van der Waals surface area contributed by atoms with Gasteiger partial charge in [-0.2, -0.15) is 0 Å². The molecule has 5 unspecified atom stereocenters. The highest BCUT2D eigenvalue weighted by atomic mass is 16.8. The standard InChI is InChI=1S/C29H45NO11/c1-8-11-19(6)38-28(34)40-22-14-13-21(15-23(22)41-29(35)39-20(7)12-9-2)24(25(30)26(31)32)17(4)16-36-27(33)37-18(5)10-3/h13-15,17-20,24-25H,8-12,16,30H2,1-7H3,(H,31,32)/t17?,18?,19?,20?,24?,25-/m0/s1. The van der Waals surface area contributed by atoms with Crippen LogP contribution in [0.5, 0.6) is 11.5 Å². The molecule has 1 aromatic carbocycles. The molecule has 0 spiro atoms. The molecule has 3 N–H and O–H groups in total. The first-order chi connectivity index (χ1) is 19.3. The molecule has 0 saturated heterocycles. The van der Waals surface area contributed by atoms with E-state index in [1.54, 1.807) is 27.7 Å². The highest BCUT2D eigenvalue weighted by Crippen LogP contribution is 2.36. The van der Waals surface area contributed by atoms with Crippen LogP contribution in [-0.2, 0) is 23.7 Å². The van der Waals surface area contributed by atoms with E-state index in [9.17, 15) is 24.3 Å². The Morgan fingerprint density at radius 3 is 1.78 bits per heavy atom. The number of carbonyl (C=O) groups is 4. The molecule has 0 fully saturated rings. The molecule has 1 rings (SSSR count). The van der Waals surface area contributed by atoms with Crippen LogP contribution >= 0.6 is 0 Å². The van der Waals surface area contributed by atoms with Crippen LogP contribution in [0.25, 0.3) is 0 Å². The number of carboxylic acids is 1. The highest BCUT2D eigenvalue weighted by molar-refractivity contribution is 5.75. The summed E-state index contributed by atoms with van der Waals surface area (Å²) in [7, 11) is 0. The zero-order valence-corrected chi connectivity index (χ0v) is 25.0. The summed E-state index contributed by atoms with van der Waals surface area (Å²) < 4.78 is 31.5. The van der Waals surface area contributed by atoms with Gasteiger partial charge in [-0.15, -0.1) is 0 Å². The molecule has 0 amide bonds. The summed E-state index contributed by atoms with van der Waals surface area (Å²) in [5, 5.41) is 9.71. The van der Waals surface area contributed by atoms with Gasteiger partial charge in [0.1, 0.15) is 24.4 Å². The van der Waals surface area contributed by atoms with Crippen molar-refractivity contribution in [3.05, 3.63) is 23.8 Å². The Morgan fingerprint density at radius 2 is 1.29 bits per heavy atom. The van der Waals surface area contributed by atoms with Gasteiger partial charge in [-0.25, -0.2) is 14.4 Å². The molecule has 0 aromatic heterocycles. The average molecular weight is 584 g/mol. The van der Waals surface area contributed by atoms with Crippen LogP contribution in [0, 0.1) is 5.92 Å². The molecule has 0 bridgehead atoms. The summed E-state index contributed by atoms with van der Waals surface area (Å²) in [6, 6.07) is 2.74. The zero-order valence-electron chi connectivity index (χ0n) is 25.0. The summed E-state index contributed by atoms with van der Waals surface area (Å²) in [6.07, 6.45) is -0.714. The van der Waals surface area contributed by atoms with E-state index in [2.05, 4.69) is 0 Å². The maximum atomic E-state index is 12.5. The number of carbonyl (C=O) groups excluding carboxylic acids is 3. The van der Waals surface area contributed by atoms with Gasteiger partial charge in [-0.1, -0.05) is 46.6 Å². The van der Waals surface area contributed by atoms with Crippen LogP contribution in [0.3, 0.4) is 0 Å². The van der Waals surface area contributed by atoms with Gasteiger partial charge in [0.15, 0.2) is 11.5 Å². The fourth-order valence-electron chi connectivity index (χ4n) is 4.01. The van der Waals surface area contributed by atoms with Crippen molar-refractivity contribution in [2.24, 2.45) is 11.7 Å². The molecule has 41 heavy (non-hydrogen) atoms. The first-order valence-corrected chi connectivity index (χ1v) is 14.0. The minimum Gasteiger partial charge on any atom is -0.480 e. The molecule has 0 aliphatic rings. The van der Waals surface area contributed by atoms with Gasteiger partial charge in [0.05, 0.1) is 6.61 Å². The topological polar surface area (TPSA) is 170 Å². The lowest BCUT2D eigenvalue weighted by atomic mass is 9.82. The largest absolute Gasteiger partial charge is 0.514 e. The van der Waals surface area contributed by atoms with E-state index in [1.165, 1.54) is 18.2 Å². The van der Waals surface area contributed by atoms with E-state index in [-0.39, 0.29) is 24.2 Å². The lowest BCUT2D eigenvalue weighted by molar-refractivity contribution is -0.139. The normalized spacial score (nSPS) is 15.3. The van der Waals surface area contributed by atoms with Gasteiger partial charge in [-0.3, -0.25) is 4.79 Å². The van der Waals surface area contributed by atoms with Gasteiger partial charge < -0.3 is 39.3 Å². The number of nitrogens with two attached hydrogens (primary N) is 1. The Hall–Kier alpha value is -3.54. The summed E-state index contributed by atoms with van der Waals surface area (Å²) in [5.41, 5.74) is 6.38. The number of aliphatic carboxylic acids is 1. The van der Waals surface area contributed by atoms with Crippen LogP contribution in [0.2, 0.25) is 0 Å². The Morgan fingerprint density at radius 1 is 0.780 bits per heavy atom. The third-order valence-electron chi connectivity index (χ3n) is 6.35. The fraction of sp³-hybridized carbons (Fsp3) is 0.655. The van der Waals surface area contributed by atoms with Gasteiger partial charge in [0, 0.05) is 5.92 Å². The molecule has 0 heterocycles. The molecule has 0 saturated carbocycles. The monoisotopic (exact) mass is 583 g/mol. The summed E-state index contributed by atoms with van der Waals surface area (Å²) >= 11 is 0. The van der Waals surface area contributed by atoms with Crippen molar-refractivity contribution in [1.82, 2.24) is 0 Å². The molecule has 0 radical (unpaired) electrons. The minimum atomic E-state index is -1.42. The van der Waals surface area contributed by atoms with Crippen LogP contribution in [-0.4, -0.2) is 60.5 Å². The number of hydrogen-bond acceptors (Lipinski definition) is 11. The van der Waals surface area contributed by atoms with E-state index in [0.29, 0.717) is 24.8 Å². The Kier molecular flexibility index (Phi) is 15.6. The number of carboxylic acid groups (broad SMARTS) is 1. The number of rotatable bonds is 16. The molecule has 1 aromatic rings. The van der Waals surface area contributed by atoms with Gasteiger partial charge in [0.25, 0.3) is 0 Å². The summed E-state index contributed by atoms with van der Waals surface area (Å²) in [6.45, 7) is 12.3. The molecule has 232 valence electrons. The van der Waals surface area contributed by atoms with Gasteiger partial charge in [-0.05, 0) is 63.6 Å². The zero-order chi connectivity index (χ0) is 31.1. The van der Waals surface area contributed by atoms with Crippen molar-refractivity contribution >= 4 is 24.4 Å². The van der Waals surface area contributed by atoms with Crippen molar-refractivity contribution in [2.75, 3.05) is 6.61 Å². The van der Waals surface area contributed by atoms with Crippen LogP contribution in [0.1, 0.15) is 92.1 Å². The molecule has 0 aliphatic heterocycles. The molecular weight excluding hydrogens is 538 g/mol. The van der Waals surface area contributed by atoms with Crippen LogP contribution in [0.4, 0.5) is 14.4 Å². The Balaban J connectivity index is 3.34. The highest BCUT2D eigenvalue weighted by Gasteiger charge is 2.33. The van der Waals surface area contributed by atoms with E-state index < -0.39 is 54.5 Å². The molecule has 0 aliphatic carbocycles. The first-order valence-electron chi connectivity index (χ1n) is 14.0. The second kappa shape index (κ2) is 18.0. The number of benzene rings is 1. The van der Waals surface area contributed by atoms with Gasteiger partial charge in [0.2, 0.25) is 0 Å². The maximum Gasteiger partial charge on any atom is 0.514 e. The molecular formula is C29H45NO11. The van der Waals surface area contributed by atoms with Crippen molar-refractivity contribution in [3.63, 3.8) is 0 Å². The summed E-state index contributed by atoms with van der Waals surface area (Å²) in [4.78, 5) is 48.9. The second-order valence-corrected chi connectivity index (χ2v) is 10.1. The maximum absolute atomic E-state index is 12.5.